The highest BCUT2D eigenvalue weighted by molar-refractivity contribution is 8.15. The predicted octanol–water partition coefficient (Wildman–Crippen LogP) is 3.51. The van der Waals surface area contributed by atoms with Crippen LogP contribution in [0.5, 0.6) is 5.75 Å². The van der Waals surface area contributed by atoms with Crippen molar-refractivity contribution in [2.75, 3.05) is 19.0 Å². The lowest BCUT2D eigenvalue weighted by molar-refractivity contribution is -0.126. The summed E-state index contributed by atoms with van der Waals surface area (Å²) < 4.78 is 10.0. The molecule has 1 unspecified atom stereocenters. The summed E-state index contributed by atoms with van der Waals surface area (Å²) >= 11 is 0.943. The molecule has 3 rings (SSSR count). The number of rotatable bonds is 7. The summed E-state index contributed by atoms with van der Waals surface area (Å²) in [6.07, 6.45) is 0. The molecule has 2 amide bonds. The molecule has 2 aromatic carbocycles. The number of hydrogen-bond acceptors (Lipinski definition) is 7. The van der Waals surface area contributed by atoms with E-state index in [1.54, 1.807) is 48.5 Å². The van der Waals surface area contributed by atoms with Gasteiger partial charge in [0, 0.05) is 5.69 Å². The van der Waals surface area contributed by atoms with E-state index in [1.165, 1.54) is 12.0 Å². The molecule has 0 saturated carbocycles. The molecule has 28 heavy (non-hydrogen) atoms. The lowest BCUT2D eigenvalue weighted by Crippen LogP contribution is -2.33. The van der Waals surface area contributed by atoms with Crippen LogP contribution in [0.15, 0.2) is 48.5 Å². The number of benzene rings is 2. The Morgan fingerprint density at radius 2 is 1.79 bits per heavy atom. The topological polar surface area (TPSA) is 84.9 Å². The van der Waals surface area contributed by atoms with Gasteiger partial charge in [0.05, 0.1) is 25.8 Å². The minimum atomic E-state index is -0.681. The molecule has 7 nitrogen and oxygen atoms in total. The van der Waals surface area contributed by atoms with Gasteiger partial charge in [0.2, 0.25) is 0 Å². The van der Waals surface area contributed by atoms with Gasteiger partial charge in [-0.05, 0) is 60.6 Å². The van der Waals surface area contributed by atoms with Gasteiger partial charge >= 0.3 is 5.97 Å². The van der Waals surface area contributed by atoms with Crippen LogP contribution in [0.25, 0.3) is 0 Å². The van der Waals surface area contributed by atoms with Crippen molar-refractivity contribution in [2.24, 2.45) is 0 Å². The monoisotopic (exact) mass is 400 g/mol. The zero-order valence-corrected chi connectivity index (χ0v) is 16.3. The van der Waals surface area contributed by atoms with Gasteiger partial charge in [0.1, 0.15) is 5.75 Å². The van der Waals surface area contributed by atoms with Crippen LogP contribution in [-0.2, 0) is 16.1 Å². The molecule has 1 atom stereocenters. The van der Waals surface area contributed by atoms with Gasteiger partial charge in [-0.15, -0.1) is 0 Å². The molecule has 0 aromatic heterocycles. The lowest BCUT2D eigenvalue weighted by Gasteiger charge is -2.15. The molecule has 1 aliphatic heterocycles. The van der Waals surface area contributed by atoms with E-state index >= 15 is 0 Å². The zero-order valence-electron chi connectivity index (χ0n) is 15.5. The first kappa shape index (κ1) is 19.8. The van der Waals surface area contributed by atoms with Gasteiger partial charge in [-0.3, -0.25) is 14.5 Å². The van der Waals surface area contributed by atoms with Gasteiger partial charge < -0.3 is 14.8 Å². The summed E-state index contributed by atoms with van der Waals surface area (Å²) in [5, 5.41) is 2.08. The first-order valence-corrected chi connectivity index (χ1v) is 9.58. The number of hydrogen-bond donors (Lipinski definition) is 1. The zero-order chi connectivity index (χ0) is 20.1. The summed E-state index contributed by atoms with van der Waals surface area (Å²) in [7, 11) is 1.31. The molecule has 1 N–H and O–H groups in total. The van der Waals surface area contributed by atoms with Crippen molar-refractivity contribution in [3.8, 4) is 5.75 Å². The molecule has 8 heteroatoms. The highest BCUT2D eigenvalue weighted by Crippen LogP contribution is 2.30. The first-order valence-electron chi connectivity index (χ1n) is 8.70. The molecular formula is C20H20N2O5S. The average Bonchev–Trinajstić information content (AvgIpc) is 2.97. The van der Waals surface area contributed by atoms with Crippen molar-refractivity contribution in [1.29, 1.82) is 0 Å². The number of anilines is 1. The summed E-state index contributed by atoms with van der Waals surface area (Å²) in [6.45, 7) is 2.63. The molecule has 2 aromatic rings. The van der Waals surface area contributed by atoms with Crippen LogP contribution in [-0.4, -0.2) is 41.1 Å². The lowest BCUT2D eigenvalue weighted by atomic mass is 10.1. The number of nitrogens with one attached hydrogen (secondary N) is 1. The number of ether oxygens (including phenoxy) is 2. The Hall–Kier alpha value is -3.00. The molecule has 1 fully saturated rings. The van der Waals surface area contributed by atoms with E-state index in [0.29, 0.717) is 12.2 Å². The highest BCUT2D eigenvalue weighted by atomic mass is 32.2. The first-order chi connectivity index (χ1) is 13.5. The standard InChI is InChI=1S/C20H20N2O5S/c1-3-27-16-10-8-15(9-11-16)21-17-18(23)22(20(25)28-17)12-13-4-6-14(7-5-13)19(24)26-2/h4-11,17,21H,3,12H2,1-2H3. The maximum absolute atomic E-state index is 12.6. The van der Waals surface area contributed by atoms with E-state index in [2.05, 4.69) is 10.1 Å². The Labute approximate surface area is 167 Å². The van der Waals surface area contributed by atoms with Gasteiger partial charge in [-0.25, -0.2) is 4.79 Å². The van der Waals surface area contributed by atoms with Crippen molar-refractivity contribution in [3.63, 3.8) is 0 Å². The molecule has 1 aliphatic rings. The van der Waals surface area contributed by atoms with Crippen LogP contribution in [0.2, 0.25) is 0 Å². The van der Waals surface area contributed by atoms with Crippen molar-refractivity contribution in [2.45, 2.75) is 18.8 Å². The fraction of sp³-hybridized carbons (Fsp3) is 0.250. The van der Waals surface area contributed by atoms with Crippen LogP contribution < -0.4 is 10.1 Å². The van der Waals surface area contributed by atoms with E-state index in [9.17, 15) is 14.4 Å². The molecule has 0 bridgehead atoms. The Morgan fingerprint density at radius 3 is 2.39 bits per heavy atom. The smallest absolute Gasteiger partial charge is 0.337 e. The Bertz CT molecular complexity index is 867. The highest BCUT2D eigenvalue weighted by Gasteiger charge is 2.39. The largest absolute Gasteiger partial charge is 0.494 e. The van der Waals surface area contributed by atoms with E-state index in [0.717, 1.165) is 28.8 Å². The van der Waals surface area contributed by atoms with Gasteiger partial charge in [0.15, 0.2) is 5.37 Å². The molecule has 0 spiro atoms. The van der Waals surface area contributed by atoms with E-state index in [-0.39, 0.29) is 17.7 Å². The van der Waals surface area contributed by atoms with Crippen molar-refractivity contribution in [3.05, 3.63) is 59.7 Å². The van der Waals surface area contributed by atoms with Gasteiger partial charge in [-0.1, -0.05) is 12.1 Å². The van der Waals surface area contributed by atoms with E-state index in [4.69, 9.17) is 4.74 Å². The summed E-state index contributed by atoms with van der Waals surface area (Å²) in [4.78, 5) is 37.6. The number of esters is 1. The SMILES string of the molecule is CCOc1ccc(NC2SC(=O)N(Cc3ccc(C(=O)OC)cc3)C2=O)cc1. The van der Waals surface area contributed by atoms with Crippen molar-refractivity contribution >= 4 is 34.6 Å². The quantitative estimate of drug-likeness (QED) is 0.712. The Kier molecular flexibility index (Phi) is 6.20. The summed E-state index contributed by atoms with van der Waals surface area (Å²) in [5.41, 5.74) is 1.89. The number of nitrogens with zero attached hydrogens (tertiary/aromatic N) is 1. The minimum absolute atomic E-state index is 0.146. The van der Waals surface area contributed by atoms with Crippen LogP contribution in [0.4, 0.5) is 10.5 Å². The molecule has 1 heterocycles. The summed E-state index contributed by atoms with van der Waals surface area (Å²) in [5.74, 6) is 0.00235. The molecule has 146 valence electrons. The number of thioether (sulfide) groups is 1. The third-order valence-corrected chi connectivity index (χ3v) is 5.09. The fourth-order valence-electron chi connectivity index (χ4n) is 2.69. The van der Waals surface area contributed by atoms with Crippen LogP contribution in [0.1, 0.15) is 22.8 Å². The van der Waals surface area contributed by atoms with Crippen LogP contribution >= 0.6 is 11.8 Å². The third kappa shape index (κ3) is 4.45. The second-order valence-electron chi connectivity index (χ2n) is 5.98. The molecule has 0 aliphatic carbocycles. The number of imide groups is 1. The molecule has 0 radical (unpaired) electrons. The number of carbonyl (C=O) groups excluding carboxylic acids is 3. The fourth-order valence-corrected chi connectivity index (χ4v) is 3.60. The minimum Gasteiger partial charge on any atom is -0.494 e. The van der Waals surface area contributed by atoms with Crippen molar-refractivity contribution < 1.29 is 23.9 Å². The number of amides is 2. The Balaban J connectivity index is 1.63. The normalized spacial score (nSPS) is 16.2. The maximum atomic E-state index is 12.6. The van der Waals surface area contributed by atoms with Gasteiger partial charge in [0.25, 0.3) is 11.1 Å². The van der Waals surface area contributed by atoms with E-state index < -0.39 is 11.3 Å². The molecule has 1 saturated heterocycles. The van der Waals surface area contributed by atoms with Crippen LogP contribution in [0, 0.1) is 0 Å². The van der Waals surface area contributed by atoms with E-state index in [1.807, 2.05) is 6.92 Å². The number of carbonyl (C=O) groups is 3. The summed E-state index contributed by atoms with van der Waals surface area (Å²) in [6, 6.07) is 13.8. The third-order valence-electron chi connectivity index (χ3n) is 4.11. The second-order valence-corrected chi connectivity index (χ2v) is 7.03. The number of methoxy groups -OCH3 is 1. The average molecular weight is 400 g/mol. The van der Waals surface area contributed by atoms with Gasteiger partial charge in [-0.2, -0.15) is 0 Å². The maximum Gasteiger partial charge on any atom is 0.337 e. The second kappa shape index (κ2) is 8.79. The Morgan fingerprint density at radius 1 is 1.11 bits per heavy atom. The van der Waals surface area contributed by atoms with Crippen LogP contribution in [0.3, 0.4) is 0 Å². The van der Waals surface area contributed by atoms with Crippen molar-refractivity contribution in [1.82, 2.24) is 4.90 Å². The predicted molar refractivity (Wildman–Crippen MR) is 106 cm³/mol. The molecular weight excluding hydrogens is 380 g/mol.